The number of aromatic nitrogens is 1. The topological polar surface area (TPSA) is 87.5 Å². The zero-order valence-electron chi connectivity index (χ0n) is 15.3. The third kappa shape index (κ3) is 6.53. The zero-order chi connectivity index (χ0) is 18.8. The van der Waals surface area contributed by atoms with Gasteiger partial charge < -0.3 is 15.2 Å². The lowest BCUT2D eigenvalue weighted by molar-refractivity contribution is 0.582. The number of aliphatic imine (C=N–C) groups is 1. The number of rotatable bonds is 9. The van der Waals surface area contributed by atoms with Crippen molar-refractivity contribution in [2.75, 3.05) is 26.2 Å². The summed E-state index contributed by atoms with van der Waals surface area (Å²) in [6.07, 6.45) is 4.01. The predicted molar refractivity (Wildman–Crippen MR) is 105 cm³/mol. The van der Waals surface area contributed by atoms with E-state index in [1.807, 2.05) is 38.4 Å². The molecule has 2 aromatic rings. The minimum atomic E-state index is -3.50. The highest BCUT2D eigenvalue weighted by molar-refractivity contribution is 7.89. The summed E-state index contributed by atoms with van der Waals surface area (Å²) in [5, 5.41) is 6.39. The van der Waals surface area contributed by atoms with E-state index in [9.17, 15) is 8.42 Å². The van der Waals surface area contributed by atoms with Gasteiger partial charge in [-0.3, -0.25) is 4.99 Å². The van der Waals surface area contributed by atoms with Gasteiger partial charge >= 0.3 is 0 Å². The fourth-order valence-electron chi connectivity index (χ4n) is 2.31. The van der Waals surface area contributed by atoms with E-state index in [-0.39, 0.29) is 11.4 Å². The Balaban J connectivity index is 1.80. The summed E-state index contributed by atoms with van der Waals surface area (Å²) >= 11 is 0. The SMILES string of the molecule is CCNC(=NCCNS(=O)(=O)c1ccc(C)cc1)NCCn1cccc1. The van der Waals surface area contributed by atoms with Gasteiger partial charge in [-0.25, -0.2) is 13.1 Å². The van der Waals surface area contributed by atoms with Crippen LogP contribution in [-0.4, -0.2) is 45.1 Å². The first-order valence-corrected chi connectivity index (χ1v) is 10.2. The lowest BCUT2D eigenvalue weighted by Crippen LogP contribution is -2.39. The maximum absolute atomic E-state index is 12.2. The van der Waals surface area contributed by atoms with Crippen LogP contribution in [-0.2, 0) is 16.6 Å². The summed E-state index contributed by atoms with van der Waals surface area (Å²) in [5.41, 5.74) is 1.02. The van der Waals surface area contributed by atoms with E-state index in [1.54, 1.807) is 24.3 Å². The minimum Gasteiger partial charge on any atom is -0.357 e. The molecule has 0 unspecified atom stereocenters. The van der Waals surface area contributed by atoms with Crippen molar-refractivity contribution < 1.29 is 8.42 Å². The molecule has 0 spiro atoms. The molecular weight excluding hydrogens is 350 g/mol. The number of hydrogen-bond donors (Lipinski definition) is 3. The molecule has 7 nitrogen and oxygen atoms in total. The van der Waals surface area contributed by atoms with Crippen LogP contribution in [0.5, 0.6) is 0 Å². The van der Waals surface area contributed by atoms with E-state index >= 15 is 0 Å². The van der Waals surface area contributed by atoms with Crippen molar-refractivity contribution in [3.63, 3.8) is 0 Å². The normalized spacial score (nSPS) is 12.2. The number of nitrogens with zero attached hydrogens (tertiary/aromatic N) is 2. The minimum absolute atomic E-state index is 0.240. The molecule has 0 saturated carbocycles. The maximum atomic E-state index is 12.2. The molecule has 8 heteroatoms. The van der Waals surface area contributed by atoms with Crippen molar-refractivity contribution in [3.8, 4) is 0 Å². The fourth-order valence-corrected chi connectivity index (χ4v) is 3.33. The molecule has 1 aromatic carbocycles. The average Bonchev–Trinajstić information content (AvgIpc) is 3.12. The molecule has 142 valence electrons. The molecular formula is C18H27N5O2S. The Morgan fingerprint density at radius 3 is 2.42 bits per heavy atom. The summed E-state index contributed by atoms with van der Waals surface area (Å²) in [4.78, 5) is 4.67. The summed E-state index contributed by atoms with van der Waals surface area (Å²) in [7, 11) is -3.50. The van der Waals surface area contributed by atoms with Gasteiger partial charge in [0.05, 0.1) is 11.4 Å². The standard InChI is InChI=1S/C18H27N5O2S/c1-3-19-18(21-12-15-23-13-4-5-14-23)20-10-11-22-26(24,25)17-8-6-16(2)7-9-17/h4-9,13-14,22H,3,10-12,15H2,1-2H3,(H2,19,20,21). The number of nitrogens with one attached hydrogen (secondary N) is 3. The van der Waals surface area contributed by atoms with E-state index in [0.29, 0.717) is 12.5 Å². The maximum Gasteiger partial charge on any atom is 0.240 e. The Morgan fingerprint density at radius 2 is 1.77 bits per heavy atom. The van der Waals surface area contributed by atoms with Crippen molar-refractivity contribution in [2.45, 2.75) is 25.3 Å². The van der Waals surface area contributed by atoms with Crippen LogP contribution in [0.1, 0.15) is 12.5 Å². The molecule has 1 aromatic heterocycles. The summed E-state index contributed by atoms with van der Waals surface area (Å²) in [6, 6.07) is 10.7. The second kappa shape index (κ2) is 9.98. The lowest BCUT2D eigenvalue weighted by atomic mass is 10.2. The third-order valence-corrected chi connectivity index (χ3v) is 5.15. The molecule has 0 bridgehead atoms. The number of sulfonamides is 1. The van der Waals surface area contributed by atoms with Gasteiger partial charge in [0, 0.05) is 38.6 Å². The first kappa shape index (κ1) is 20.0. The molecule has 26 heavy (non-hydrogen) atoms. The van der Waals surface area contributed by atoms with Crippen molar-refractivity contribution in [1.82, 2.24) is 19.9 Å². The van der Waals surface area contributed by atoms with Gasteiger partial charge in [-0.05, 0) is 38.1 Å². The van der Waals surface area contributed by atoms with Crippen LogP contribution in [0.3, 0.4) is 0 Å². The Hall–Kier alpha value is -2.32. The van der Waals surface area contributed by atoms with E-state index in [2.05, 4.69) is 24.9 Å². The van der Waals surface area contributed by atoms with Crippen LogP contribution in [0.25, 0.3) is 0 Å². The van der Waals surface area contributed by atoms with Crippen molar-refractivity contribution in [1.29, 1.82) is 0 Å². The van der Waals surface area contributed by atoms with Crippen LogP contribution in [0, 0.1) is 6.92 Å². The smallest absolute Gasteiger partial charge is 0.240 e. The van der Waals surface area contributed by atoms with Gasteiger partial charge in [0.15, 0.2) is 5.96 Å². The molecule has 0 amide bonds. The molecule has 0 radical (unpaired) electrons. The summed E-state index contributed by atoms with van der Waals surface area (Å²) < 4.78 is 29.1. The van der Waals surface area contributed by atoms with Crippen LogP contribution in [0.4, 0.5) is 0 Å². The Labute approximate surface area is 155 Å². The van der Waals surface area contributed by atoms with E-state index in [4.69, 9.17) is 0 Å². The van der Waals surface area contributed by atoms with Gasteiger partial charge in [0.1, 0.15) is 0 Å². The number of benzene rings is 1. The second-order valence-corrected chi connectivity index (χ2v) is 7.59. The molecule has 0 aliphatic rings. The summed E-state index contributed by atoms with van der Waals surface area (Å²) in [6.45, 7) is 6.80. The number of hydrogen-bond acceptors (Lipinski definition) is 3. The number of guanidine groups is 1. The molecule has 3 N–H and O–H groups in total. The van der Waals surface area contributed by atoms with Gasteiger partial charge in [0.2, 0.25) is 10.0 Å². The largest absolute Gasteiger partial charge is 0.357 e. The second-order valence-electron chi connectivity index (χ2n) is 5.82. The van der Waals surface area contributed by atoms with Crippen molar-refractivity contribution >= 4 is 16.0 Å². The number of aryl methyl sites for hydroxylation is 1. The Bertz CT molecular complexity index is 783. The highest BCUT2D eigenvalue weighted by Gasteiger charge is 2.12. The van der Waals surface area contributed by atoms with Crippen LogP contribution in [0.2, 0.25) is 0 Å². The summed E-state index contributed by atoms with van der Waals surface area (Å²) in [5.74, 6) is 0.675. The molecule has 0 aliphatic heterocycles. The van der Waals surface area contributed by atoms with Crippen molar-refractivity contribution in [3.05, 3.63) is 54.4 Å². The molecule has 2 rings (SSSR count). The Kier molecular flexibility index (Phi) is 7.68. The average molecular weight is 378 g/mol. The molecule has 0 saturated heterocycles. The van der Waals surface area contributed by atoms with Gasteiger partial charge in [-0.1, -0.05) is 17.7 Å². The van der Waals surface area contributed by atoms with Crippen LogP contribution < -0.4 is 15.4 Å². The third-order valence-electron chi connectivity index (χ3n) is 3.68. The highest BCUT2D eigenvalue weighted by Crippen LogP contribution is 2.09. The van der Waals surface area contributed by atoms with Crippen molar-refractivity contribution in [2.24, 2.45) is 4.99 Å². The van der Waals surface area contributed by atoms with Gasteiger partial charge in [-0.15, -0.1) is 0 Å². The molecule has 1 heterocycles. The first-order valence-electron chi connectivity index (χ1n) is 8.70. The van der Waals surface area contributed by atoms with E-state index in [0.717, 1.165) is 25.2 Å². The Morgan fingerprint density at radius 1 is 1.08 bits per heavy atom. The molecule has 0 aliphatic carbocycles. The fraction of sp³-hybridized carbons (Fsp3) is 0.389. The van der Waals surface area contributed by atoms with E-state index < -0.39 is 10.0 Å². The monoisotopic (exact) mass is 377 g/mol. The zero-order valence-corrected chi connectivity index (χ0v) is 16.1. The lowest BCUT2D eigenvalue weighted by Gasteiger charge is -2.12. The molecule has 0 atom stereocenters. The van der Waals surface area contributed by atoms with Gasteiger partial charge in [0.25, 0.3) is 0 Å². The molecule has 0 fully saturated rings. The predicted octanol–water partition coefficient (Wildman–Crippen LogP) is 1.33. The van der Waals surface area contributed by atoms with Crippen LogP contribution in [0.15, 0.2) is 58.7 Å². The van der Waals surface area contributed by atoms with E-state index in [1.165, 1.54) is 0 Å². The highest BCUT2D eigenvalue weighted by atomic mass is 32.2. The van der Waals surface area contributed by atoms with Crippen LogP contribution >= 0.6 is 0 Å². The first-order chi connectivity index (χ1) is 12.5. The van der Waals surface area contributed by atoms with Gasteiger partial charge in [-0.2, -0.15) is 0 Å². The quantitative estimate of drug-likeness (QED) is 0.350.